The van der Waals surface area contributed by atoms with Gasteiger partial charge >= 0.3 is 0 Å². The number of benzene rings is 1. The number of hydrogen-bond acceptors (Lipinski definition) is 4. The topological polar surface area (TPSA) is 84.4 Å². The zero-order valence-corrected chi connectivity index (χ0v) is 11.3. The van der Waals surface area contributed by atoms with Crippen molar-refractivity contribution in [2.45, 2.75) is 13.0 Å². The number of aliphatic hydroxyl groups is 1. The molecule has 6 nitrogen and oxygen atoms in total. The lowest BCUT2D eigenvalue weighted by Crippen LogP contribution is -2.40. The third-order valence-corrected chi connectivity index (χ3v) is 3.31. The van der Waals surface area contributed by atoms with Crippen LogP contribution in [0.2, 0.25) is 0 Å². The second-order valence-corrected chi connectivity index (χ2v) is 4.54. The highest BCUT2D eigenvalue weighted by atomic mass is 16.3. The quantitative estimate of drug-likeness (QED) is 0.825. The van der Waals surface area contributed by atoms with Crippen LogP contribution in [0.25, 0.3) is 11.0 Å². The van der Waals surface area contributed by atoms with Crippen LogP contribution in [-0.4, -0.2) is 40.3 Å². The molecule has 3 N–H and O–H groups in total. The highest BCUT2D eigenvalue weighted by molar-refractivity contribution is 5.97. The van der Waals surface area contributed by atoms with Crippen molar-refractivity contribution in [1.82, 2.24) is 9.55 Å². The van der Waals surface area contributed by atoms with Crippen molar-refractivity contribution in [1.29, 1.82) is 0 Å². The van der Waals surface area contributed by atoms with Crippen molar-refractivity contribution in [2.24, 2.45) is 12.8 Å². The van der Waals surface area contributed by atoms with Gasteiger partial charge in [-0.3, -0.25) is 4.79 Å². The lowest BCUT2D eigenvalue weighted by molar-refractivity contribution is -0.125. The van der Waals surface area contributed by atoms with Crippen LogP contribution in [0.5, 0.6) is 0 Å². The van der Waals surface area contributed by atoms with Crippen LogP contribution in [0.3, 0.4) is 0 Å². The lowest BCUT2D eigenvalue weighted by atomic mass is 10.2. The maximum atomic E-state index is 11.9. The summed E-state index contributed by atoms with van der Waals surface area (Å²) in [7, 11) is 3.55. The third kappa shape index (κ3) is 2.32. The molecule has 1 heterocycles. The molecule has 1 unspecified atom stereocenters. The van der Waals surface area contributed by atoms with E-state index in [0.717, 1.165) is 16.9 Å². The number of rotatable bonds is 3. The molecule has 0 bridgehead atoms. The summed E-state index contributed by atoms with van der Waals surface area (Å²) < 4.78 is 1.98. The van der Waals surface area contributed by atoms with Gasteiger partial charge < -0.3 is 20.3 Å². The number of amides is 1. The van der Waals surface area contributed by atoms with E-state index in [2.05, 4.69) is 4.98 Å². The predicted octanol–water partition coefficient (Wildman–Crippen LogP) is 0.164. The SMILES string of the molecule is Cc1nc2cc(N(C)C(=O)C(O)CN)ccc2n1C. The van der Waals surface area contributed by atoms with Crippen LogP contribution in [0, 0.1) is 6.92 Å². The van der Waals surface area contributed by atoms with Crippen LogP contribution >= 0.6 is 0 Å². The van der Waals surface area contributed by atoms with Gasteiger partial charge in [-0.05, 0) is 25.1 Å². The molecule has 0 saturated heterocycles. The number of imidazole rings is 1. The van der Waals surface area contributed by atoms with Gasteiger partial charge in [0.05, 0.1) is 11.0 Å². The van der Waals surface area contributed by atoms with E-state index in [1.54, 1.807) is 7.05 Å². The van der Waals surface area contributed by atoms with Crippen molar-refractivity contribution in [3.63, 3.8) is 0 Å². The van der Waals surface area contributed by atoms with Crippen LogP contribution < -0.4 is 10.6 Å². The summed E-state index contributed by atoms with van der Waals surface area (Å²) in [5.41, 5.74) is 7.79. The minimum absolute atomic E-state index is 0.0892. The number of aliphatic hydroxyl groups excluding tert-OH is 1. The van der Waals surface area contributed by atoms with E-state index in [0.29, 0.717) is 5.69 Å². The molecular weight excluding hydrogens is 244 g/mol. The summed E-state index contributed by atoms with van der Waals surface area (Å²) >= 11 is 0. The summed E-state index contributed by atoms with van der Waals surface area (Å²) in [6.45, 7) is 1.83. The monoisotopic (exact) mass is 262 g/mol. The molecule has 1 amide bonds. The first-order valence-electron chi connectivity index (χ1n) is 6.04. The summed E-state index contributed by atoms with van der Waals surface area (Å²) in [5, 5.41) is 9.48. The maximum Gasteiger partial charge on any atom is 0.256 e. The van der Waals surface area contributed by atoms with Gasteiger partial charge in [0.2, 0.25) is 0 Å². The van der Waals surface area contributed by atoms with E-state index < -0.39 is 12.0 Å². The number of fused-ring (bicyclic) bond motifs is 1. The standard InChI is InChI=1S/C13H18N4O2/c1-8-15-10-6-9(4-5-11(10)16(8)2)17(3)13(19)12(18)7-14/h4-6,12,18H,7,14H2,1-3H3. The highest BCUT2D eigenvalue weighted by Crippen LogP contribution is 2.22. The zero-order chi connectivity index (χ0) is 14.2. The zero-order valence-electron chi connectivity index (χ0n) is 11.3. The fourth-order valence-electron chi connectivity index (χ4n) is 1.97. The van der Waals surface area contributed by atoms with Crippen molar-refractivity contribution in [3.8, 4) is 0 Å². The normalized spacial score (nSPS) is 12.7. The molecule has 6 heteroatoms. The van der Waals surface area contributed by atoms with Gasteiger partial charge in [-0.25, -0.2) is 4.98 Å². The van der Waals surface area contributed by atoms with Crippen molar-refractivity contribution in [3.05, 3.63) is 24.0 Å². The number of carbonyl (C=O) groups excluding carboxylic acids is 1. The molecule has 0 aliphatic carbocycles. The first-order chi connectivity index (χ1) is 8.95. The predicted molar refractivity (Wildman–Crippen MR) is 73.9 cm³/mol. The van der Waals surface area contributed by atoms with Gasteiger partial charge in [-0.2, -0.15) is 0 Å². The summed E-state index contributed by atoms with van der Waals surface area (Å²) in [4.78, 5) is 17.7. The lowest BCUT2D eigenvalue weighted by Gasteiger charge is -2.20. The van der Waals surface area contributed by atoms with E-state index in [4.69, 9.17) is 5.73 Å². The Morgan fingerprint density at radius 3 is 2.89 bits per heavy atom. The second-order valence-electron chi connectivity index (χ2n) is 4.54. The van der Waals surface area contributed by atoms with Gasteiger partial charge in [0.25, 0.3) is 5.91 Å². The second kappa shape index (κ2) is 4.99. The minimum atomic E-state index is -1.17. The van der Waals surface area contributed by atoms with Gasteiger partial charge in [0, 0.05) is 26.3 Å². The van der Waals surface area contributed by atoms with Gasteiger partial charge in [-0.15, -0.1) is 0 Å². The third-order valence-electron chi connectivity index (χ3n) is 3.31. The Morgan fingerprint density at radius 2 is 2.26 bits per heavy atom. The highest BCUT2D eigenvalue weighted by Gasteiger charge is 2.19. The molecule has 0 saturated carbocycles. The van der Waals surface area contributed by atoms with E-state index in [1.165, 1.54) is 4.90 Å². The molecule has 19 heavy (non-hydrogen) atoms. The first kappa shape index (κ1) is 13.5. The molecule has 0 radical (unpaired) electrons. The van der Waals surface area contributed by atoms with Gasteiger partial charge in [-0.1, -0.05) is 0 Å². The number of aromatic nitrogens is 2. The molecule has 0 aliphatic rings. The Morgan fingerprint density at radius 1 is 1.58 bits per heavy atom. The number of nitrogens with zero attached hydrogens (tertiary/aromatic N) is 3. The van der Waals surface area contributed by atoms with E-state index in [9.17, 15) is 9.90 Å². The molecule has 2 rings (SSSR count). The molecule has 102 valence electrons. The number of anilines is 1. The van der Waals surface area contributed by atoms with Crippen LogP contribution in [0.1, 0.15) is 5.82 Å². The van der Waals surface area contributed by atoms with E-state index in [-0.39, 0.29) is 6.54 Å². The van der Waals surface area contributed by atoms with Crippen molar-refractivity contribution >= 4 is 22.6 Å². The Labute approximate surface area is 111 Å². The van der Waals surface area contributed by atoms with E-state index in [1.807, 2.05) is 36.7 Å². The molecule has 1 atom stereocenters. The molecule has 2 aromatic rings. The number of nitrogens with two attached hydrogens (primary N) is 1. The van der Waals surface area contributed by atoms with E-state index >= 15 is 0 Å². The van der Waals surface area contributed by atoms with Gasteiger partial charge in [0.1, 0.15) is 11.9 Å². The smallest absolute Gasteiger partial charge is 0.256 e. The molecule has 0 fully saturated rings. The Kier molecular flexibility index (Phi) is 3.55. The Bertz CT molecular complexity index is 620. The first-order valence-corrected chi connectivity index (χ1v) is 6.04. The summed E-state index contributed by atoms with van der Waals surface area (Å²) in [6, 6.07) is 5.55. The van der Waals surface area contributed by atoms with Crippen molar-refractivity contribution in [2.75, 3.05) is 18.5 Å². The Hall–Kier alpha value is -1.92. The number of likely N-dealkylation sites (N-methyl/N-ethyl adjacent to an activating group) is 1. The van der Waals surface area contributed by atoms with Gasteiger partial charge in [0.15, 0.2) is 0 Å². The average Bonchev–Trinajstić information content (AvgIpc) is 2.71. The Balaban J connectivity index is 2.38. The van der Waals surface area contributed by atoms with Crippen LogP contribution in [0.4, 0.5) is 5.69 Å². The fraction of sp³-hybridized carbons (Fsp3) is 0.385. The largest absolute Gasteiger partial charge is 0.382 e. The molecule has 1 aromatic heterocycles. The number of hydrogen-bond donors (Lipinski definition) is 2. The number of carbonyl (C=O) groups is 1. The molecule has 1 aromatic carbocycles. The summed E-state index contributed by atoms with van der Waals surface area (Å²) in [6.07, 6.45) is -1.17. The minimum Gasteiger partial charge on any atom is -0.382 e. The van der Waals surface area contributed by atoms with Crippen LogP contribution in [-0.2, 0) is 11.8 Å². The summed E-state index contributed by atoms with van der Waals surface area (Å²) in [5.74, 6) is 0.484. The maximum absolute atomic E-state index is 11.9. The van der Waals surface area contributed by atoms with Crippen molar-refractivity contribution < 1.29 is 9.90 Å². The average molecular weight is 262 g/mol. The fourth-order valence-corrected chi connectivity index (χ4v) is 1.97. The number of aryl methyl sites for hydroxylation is 2. The molecular formula is C13H18N4O2. The van der Waals surface area contributed by atoms with Crippen LogP contribution in [0.15, 0.2) is 18.2 Å². The molecule has 0 aliphatic heterocycles. The molecule has 0 spiro atoms.